The summed E-state index contributed by atoms with van der Waals surface area (Å²) in [5.74, 6) is 0.381. The van der Waals surface area contributed by atoms with E-state index >= 15 is 0 Å². The third-order valence-corrected chi connectivity index (χ3v) is 2.99. The van der Waals surface area contributed by atoms with Crippen LogP contribution >= 0.6 is 11.6 Å². The zero-order valence-corrected chi connectivity index (χ0v) is 9.71. The van der Waals surface area contributed by atoms with E-state index in [2.05, 4.69) is 10.1 Å². The minimum Gasteiger partial charge on any atom is -0.308 e. The second-order valence-electron chi connectivity index (χ2n) is 3.34. The number of hydrogen-bond acceptors (Lipinski definition) is 2. The lowest BCUT2D eigenvalue weighted by Gasteiger charge is -2.30. The SMILES string of the molecule is CCC(CC)(CCl)NCCOC(F)(F)F. The second kappa shape index (κ2) is 6.55. The van der Waals surface area contributed by atoms with Crippen LogP contribution in [0.2, 0.25) is 0 Å². The zero-order chi connectivity index (χ0) is 11.9. The molecule has 1 N–H and O–H groups in total. The van der Waals surface area contributed by atoms with Crippen LogP contribution in [0.25, 0.3) is 0 Å². The van der Waals surface area contributed by atoms with E-state index < -0.39 is 6.36 Å². The van der Waals surface area contributed by atoms with Gasteiger partial charge < -0.3 is 5.32 Å². The molecule has 0 aliphatic heterocycles. The van der Waals surface area contributed by atoms with E-state index in [1.807, 2.05) is 13.8 Å². The number of ether oxygens (including phenoxy) is 1. The van der Waals surface area contributed by atoms with Crippen molar-refractivity contribution in [1.29, 1.82) is 0 Å². The Morgan fingerprint density at radius 1 is 1.20 bits per heavy atom. The van der Waals surface area contributed by atoms with Gasteiger partial charge in [0.2, 0.25) is 0 Å². The fraction of sp³-hybridized carbons (Fsp3) is 1.00. The Bertz CT molecular complexity index is 163. The fourth-order valence-electron chi connectivity index (χ4n) is 1.22. The van der Waals surface area contributed by atoms with Gasteiger partial charge in [0, 0.05) is 18.0 Å². The quantitative estimate of drug-likeness (QED) is 0.552. The molecular weight excluding hydrogens is 231 g/mol. The predicted molar refractivity (Wildman–Crippen MR) is 54.0 cm³/mol. The monoisotopic (exact) mass is 247 g/mol. The number of rotatable bonds is 7. The molecule has 15 heavy (non-hydrogen) atoms. The molecule has 6 heteroatoms. The highest BCUT2D eigenvalue weighted by molar-refractivity contribution is 6.18. The molecule has 0 bridgehead atoms. The van der Waals surface area contributed by atoms with Gasteiger partial charge in [0.15, 0.2) is 0 Å². The molecule has 0 aliphatic carbocycles. The van der Waals surface area contributed by atoms with Gasteiger partial charge in [-0.15, -0.1) is 24.8 Å². The number of hydrogen-bond donors (Lipinski definition) is 1. The van der Waals surface area contributed by atoms with Crippen molar-refractivity contribution < 1.29 is 17.9 Å². The summed E-state index contributed by atoms with van der Waals surface area (Å²) in [5, 5.41) is 3.00. The third kappa shape index (κ3) is 6.22. The second-order valence-corrected chi connectivity index (χ2v) is 3.61. The smallest absolute Gasteiger partial charge is 0.308 e. The molecule has 0 aromatic heterocycles. The Kier molecular flexibility index (Phi) is 6.55. The standard InChI is InChI=1S/C9H17ClF3NO/c1-3-8(4-2,7-10)14-5-6-15-9(11,12)13/h14H,3-7H2,1-2H3. The minimum absolute atomic E-state index is 0.147. The summed E-state index contributed by atoms with van der Waals surface area (Å²) >= 11 is 5.77. The summed E-state index contributed by atoms with van der Waals surface area (Å²) in [4.78, 5) is 0. The highest BCUT2D eigenvalue weighted by Crippen LogP contribution is 2.18. The summed E-state index contributed by atoms with van der Waals surface area (Å²) in [6.07, 6.45) is -3.00. The summed E-state index contributed by atoms with van der Waals surface area (Å²) in [5.41, 5.74) is -0.281. The van der Waals surface area contributed by atoms with Crippen molar-refractivity contribution in [2.75, 3.05) is 19.0 Å². The maximum Gasteiger partial charge on any atom is 0.522 e. The van der Waals surface area contributed by atoms with Gasteiger partial charge in [0.1, 0.15) is 0 Å². The lowest BCUT2D eigenvalue weighted by Crippen LogP contribution is -2.47. The van der Waals surface area contributed by atoms with Gasteiger partial charge >= 0.3 is 6.36 Å². The first-order chi connectivity index (χ1) is 6.89. The van der Waals surface area contributed by atoms with Gasteiger partial charge in [-0.05, 0) is 12.8 Å². The third-order valence-electron chi connectivity index (χ3n) is 2.48. The largest absolute Gasteiger partial charge is 0.522 e. The normalized spacial score (nSPS) is 13.2. The van der Waals surface area contributed by atoms with E-state index in [1.54, 1.807) is 0 Å². The van der Waals surface area contributed by atoms with Crippen molar-refractivity contribution in [1.82, 2.24) is 5.32 Å². The molecule has 0 aromatic carbocycles. The number of alkyl halides is 4. The van der Waals surface area contributed by atoms with E-state index in [-0.39, 0.29) is 18.7 Å². The molecule has 2 nitrogen and oxygen atoms in total. The fourth-order valence-corrected chi connectivity index (χ4v) is 1.69. The van der Waals surface area contributed by atoms with Crippen molar-refractivity contribution in [2.45, 2.75) is 38.6 Å². The summed E-state index contributed by atoms with van der Waals surface area (Å²) in [6.45, 7) is 3.66. The molecule has 0 aromatic rings. The van der Waals surface area contributed by atoms with E-state index in [0.29, 0.717) is 5.88 Å². The molecule has 0 saturated carbocycles. The maximum atomic E-state index is 11.6. The lowest BCUT2D eigenvalue weighted by atomic mass is 9.95. The molecule has 92 valence electrons. The molecule has 0 unspecified atom stereocenters. The first-order valence-corrected chi connectivity index (χ1v) is 5.44. The average Bonchev–Trinajstić information content (AvgIpc) is 2.18. The van der Waals surface area contributed by atoms with Gasteiger partial charge in [-0.25, -0.2) is 0 Å². The van der Waals surface area contributed by atoms with Crippen LogP contribution in [0.4, 0.5) is 13.2 Å². The molecule has 0 fully saturated rings. The molecule has 0 heterocycles. The number of halogens is 4. The molecule has 0 aliphatic rings. The van der Waals surface area contributed by atoms with E-state index in [1.165, 1.54) is 0 Å². The Hall–Kier alpha value is -0.0000000000000000555. The van der Waals surface area contributed by atoms with E-state index in [9.17, 15) is 13.2 Å². The first-order valence-electron chi connectivity index (χ1n) is 4.91. The van der Waals surface area contributed by atoms with Crippen molar-refractivity contribution >= 4 is 11.6 Å². The van der Waals surface area contributed by atoms with Gasteiger partial charge in [-0.1, -0.05) is 13.8 Å². The van der Waals surface area contributed by atoms with Gasteiger partial charge in [-0.2, -0.15) is 0 Å². The molecule has 0 spiro atoms. The molecule has 0 atom stereocenters. The average molecular weight is 248 g/mol. The van der Waals surface area contributed by atoms with Crippen LogP contribution in [0.3, 0.4) is 0 Å². The molecular formula is C9H17ClF3NO. The van der Waals surface area contributed by atoms with E-state index in [0.717, 1.165) is 12.8 Å². The Morgan fingerprint density at radius 2 is 1.73 bits per heavy atom. The zero-order valence-electron chi connectivity index (χ0n) is 8.96. The van der Waals surface area contributed by atoms with Crippen LogP contribution in [-0.4, -0.2) is 30.9 Å². The Labute approximate surface area is 93.1 Å². The predicted octanol–water partition coefficient (Wildman–Crippen LogP) is 2.91. The van der Waals surface area contributed by atoms with Gasteiger partial charge in [-0.3, -0.25) is 4.74 Å². The highest BCUT2D eigenvalue weighted by atomic mass is 35.5. The van der Waals surface area contributed by atoms with Crippen LogP contribution in [-0.2, 0) is 4.74 Å². The van der Waals surface area contributed by atoms with Crippen LogP contribution in [0.1, 0.15) is 26.7 Å². The maximum absolute atomic E-state index is 11.6. The molecule has 0 amide bonds. The van der Waals surface area contributed by atoms with Crippen LogP contribution in [0, 0.1) is 0 Å². The first kappa shape index (κ1) is 15.0. The van der Waals surface area contributed by atoms with E-state index in [4.69, 9.17) is 11.6 Å². The molecule has 0 radical (unpaired) electrons. The van der Waals surface area contributed by atoms with Crippen molar-refractivity contribution in [3.8, 4) is 0 Å². The van der Waals surface area contributed by atoms with Gasteiger partial charge in [0.05, 0.1) is 6.61 Å². The topological polar surface area (TPSA) is 21.3 Å². The van der Waals surface area contributed by atoms with Crippen LogP contribution in [0.5, 0.6) is 0 Å². The lowest BCUT2D eigenvalue weighted by molar-refractivity contribution is -0.323. The summed E-state index contributed by atoms with van der Waals surface area (Å²) < 4.78 is 38.6. The molecule has 0 rings (SSSR count). The number of nitrogens with one attached hydrogen (secondary N) is 1. The summed E-state index contributed by atoms with van der Waals surface area (Å²) in [6, 6.07) is 0. The van der Waals surface area contributed by atoms with Crippen molar-refractivity contribution in [3.63, 3.8) is 0 Å². The summed E-state index contributed by atoms with van der Waals surface area (Å²) in [7, 11) is 0. The Balaban J connectivity index is 3.82. The Morgan fingerprint density at radius 3 is 2.07 bits per heavy atom. The van der Waals surface area contributed by atoms with Crippen molar-refractivity contribution in [2.24, 2.45) is 0 Å². The minimum atomic E-state index is -4.55. The van der Waals surface area contributed by atoms with Crippen molar-refractivity contribution in [3.05, 3.63) is 0 Å². The van der Waals surface area contributed by atoms with Crippen LogP contribution in [0.15, 0.2) is 0 Å². The van der Waals surface area contributed by atoms with Crippen LogP contribution < -0.4 is 5.32 Å². The highest BCUT2D eigenvalue weighted by Gasteiger charge is 2.29. The van der Waals surface area contributed by atoms with Gasteiger partial charge in [0.25, 0.3) is 0 Å². The molecule has 0 saturated heterocycles.